The summed E-state index contributed by atoms with van der Waals surface area (Å²) in [6.45, 7) is 2.42. The van der Waals surface area contributed by atoms with E-state index in [4.69, 9.17) is 14.2 Å². The zero-order chi connectivity index (χ0) is 37.2. The van der Waals surface area contributed by atoms with Gasteiger partial charge in [-0.2, -0.15) is 11.8 Å². The van der Waals surface area contributed by atoms with Gasteiger partial charge in [-0.25, -0.2) is 9.59 Å². The molecule has 2 fully saturated rings. The third kappa shape index (κ3) is 10.2. The molecule has 3 atom stereocenters. The molecule has 0 bridgehead atoms. The number of amidine groups is 1. The molecule has 2 heterocycles. The van der Waals surface area contributed by atoms with Crippen molar-refractivity contribution in [3.63, 3.8) is 0 Å². The highest BCUT2D eigenvalue weighted by Gasteiger charge is 2.43. The smallest absolute Gasteiger partial charge is 0.412 e. The fourth-order valence-corrected chi connectivity index (χ4v) is 7.05. The van der Waals surface area contributed by atoms with E-state index in [-0.39, 0.29) is 41.8 Å². The summed E-state index contributed by atoms with van der Waals surface area (Å²) in [5, 5.41) is 24.4. The van der Waals surface area contributed by atoms with Crippen molar-refractivity contribution in [1.82, 2.24) is 15.1 Å². The summed E-state index contributed by atoms with van der Waals surface area (Å²) in [5.74, 6) is 1.51. The minimum atomic E-state index is -0.755. The van der Waals surface area contributed by atoms with Crippen LogP contribution >= 0.6 is 11.8 Å². The molecule has 0 radical (unpaired) electrons. The van der Waals surface area contributed by atoms with Crippen LogP contribution in [0, 0.1) is 20.2 Å². The largest absolute Gasteiger partial charge is 0.497 e. The maximum Gasteiger partial charge on any atom is 0.412 e. The second-order valence-electron chi connectivity index (χ2n) is 12.2. The molecule has 0 spiro atoms. The summed E-state index contributed by atoms with van der Waals surface area (Å²) < 4.78 is 16.0. The standard InChI is InChI=1S/C35H38N6O10S/c1-23(37-34(43)50-20-24-3-9-28(10-4-24)40(45)46)36-27-15-16-38(18-27)33(42)32-17-31(52-22-26-7-13-30(49-2)14-8-26)19-39(32)35(44)51-21-25-5-11-29(12-6-25)41(47)48/h3-14,27,31-32H,15-22H2,1-2H3,(H,36,37,43)/t27-,31-,32-/m0/s1. The van der Waals surface area contributed by atoms with Gasteiger partial charge in [0.15, 0.2) is 0 Å². The average molecular weight is 735 g/mol. The Hall–Kier alpha value is -5.71. The number of alkyl carbamates (subject to hydrolysis) is 1. The molecule has 2 aliphatic heterocycles. The molecule has 2 aliphatic rings. The molecule has 17 heteroatoms. The Morgan fingerprint density at radius 3 is 2.02 bits per heavy atom. The van der Waals surface area contributed by atoms with Gasteiger partial charge in [0.1, 0.15) is 30.8 Å². The lowest BCUT2D eigenvalue weighted by molar-refractivity contribution is -0.385. The molecule has 52 heavy (non-hydrogen) atoms. The van der Waals surface area contributed by atoms with E-state index in [0.717, 1.165) is 11.3 Å². The number of amides is 3. The fraction of sp³-hybridized carbons (Fsp3) is 0.371. The number of carbonyl (C=O) groups is 3. The fourth-order valence-electron chi connectivity index (χ4n) is 5.84. The normalized spacial score (nSPS) is 18.5. The summed E-state index contributed by atoms with van der Waals surface area (Å²) in [6, 6.07) is 18.0. The minimum Gasteiger partial charge on any atom is -0.497 e. The van der Waals surface area contributed by atoms with Gasteiger partial charge in [0.25, 0.3) is 11.4 Å². The van der Waals surface area contributed by atoms with Gasteiger partial charge in [-0.15, -0.1) is 0 Å². The average Bonchev–Trinajstić information content (AvgIpc) is 3.80. The van der Waals surface area contributed by atoms with Crippen LogP contribution in [-0.2, 0) is 33.2 Å². The summed E-state index contributed by atoms with van der Waals surface area (Å²) in [5.41, 5.74) is 2.09. The number of hydrogen-bond acceptors (Lipinski definition) is 12. The predicted octanol–water partition coefficient (Wildman–Crippen LogP) is 5.47. The number of nitro benzene ring substituents is 2. The Morgan fingerprint density at radius 2 is 1.44 bits per heavy atom. The topological polar surface area (TPSA) is 196 Å². The molecule has 0 aromatic heterocycles. The van der Waals surface area contributed by atoms with E-state index >= 15 is 0 Å². The first kappa shape index (κ1) is 37.5. The Bertz CT molecular complexity index is 1790. The Labute approximate surface area is 303 Å². The summed E-state index contributed by atoms with van der Waals surface area (Å²) >= 11 is 1.65. The highest BCUT2D eigenvalue weighted by atomic mass is 32.2. The van der Waals surface area contributed by atoms with Crippen LogP contribution in [0.1, 0.15) is 36.5 Å². The SMILES string of the molecule is COc1ccc(CS[C@H]2C[C@@H](C(=O)N3CC[C@H](N=C(C)NC(=O)OCc4ccc([N+](=O)[O-])cc4)C3)N(C(=O)OCc3ccc([N+](=O)[O-])cc3)C2)cc1. The van der Waals surface area contributed by atoms with Crippen LogP contribution in [0.25, 0.3) is 0 Å². The van der Waals surface area contributed by atoms with Gasteiger partial charge < -0.3 is 19.1 Å². The number of ether oxygens (including phenoxy) is 3. The quantitative estimate of drug-likeness (QED) is 0.107. The van der Waals surface area contributed by atoms with Crippen LogP contribution < -0.4 is 10.1 Å². The highest BCUT2D eigenvalue weighted by Crippen LogP contribution is 2.33. The molecule has 3 aromatic rings. The Kier molecular flexibility index (Phi) is 12.6. The molecule has 5 rings (SSSR count). The number of benzene rings is 3. The molecular formula is C35H38N6O10S. The lowest BCUT2D eigenvalue weighted by atomic mass is 10.2. The number of nitrogens with one attached hydrogen (secondary N) is 1. The second-order valence-corrected chi connectivity index (χ2v) is 13.5. The highest BCUT2D eigenvalue weighted by molar-refractivity contribution is 7.99. The number of rotatable bonds is 12. The van der Waals surface area contributed by atoms with Crippen LogP contribution in [0.3, 0.4) is 0 Å². The van der Waals surface area contributed by atoms with Gasteiger partial charge in [-0.1, -0.05) is 12.1 Å². The van der Waals surface area contributed by atoms with Gasteiger partial charge in [0, 0.05) is 54.9 Å². The van der Waals surface area contributed by atoms with Crippen molar-refractivity contribution in [1.29, 1.82) is 0 Å². The number of nitro groups is 2. The maximum atomic E-state index is 13.9. The lowest BCUT2D eigenvalue weighted by Crippen LogP contribution is -2.47. The molecule has 0 saturated carbocycles. The number of hydrogen-bond donors (Lipinski definition) is 1. The molecule has 2 saturated heterocycles. The van der Waals surface area contributed by atoms with Crippen molar-refractivity contribution in [3.05, 3.63) is 110 Å². The molecule has 0 unspecified atom stereocenters. The van der Waals surface area contributed by atoms with Crippen LogP contribution in [0.5, 0.6) is 5.75 Å². The van der Waals surface area contributed by atoms with E-state index in [9.17, 15) is 34.6 Å². The maximum absolute atomic E-state index is 13.9. The van der Waals surface area contributed by atoms with Crippen LogP contribution in [0.2, 0.25) is 0 Å². The first-order chi connectivity index (χ1) is 25.0. The molecule has 1 N–H and O–H groups in total. The van der Waals surface area contributed by atoms with Gasteiger partial charge in [-0.05, 0) is 72.9 Å². The van der Waals surface area contributed by atoms with E-state index in [2.05, 4.69) is 10.3 Å². The van der Waals surface area contributed by atoms with Gasteiger partial charge in [-0.3, -0.25) is 40.2 Å². The first-order valence-electron chi connectivity index (χ1n) is 16.4. The second kappa shape index (κ2) is 17.5. The summed E-state index contributed by atoms with van der Waals surface area (Å²) in [6.07, 6.45) is -0.407. The number of methoxy groups -OCH3 is 1. The Morgan fingerprint density at radius 1 is 0.865 bits per heavy atom. The number of carbonyl (C=O) groups excluding carboxylic acids is 3. The van der Waals surface area contributed by atoms with Crippen molar-refractivity contribution in [2.24, 2.45) is 4.99 Å². The van der Waals surface area contributed by atoms with Crippen molar-refractivity contribution in [3.8, 4) is 5.75 Å². The van der Waals surface area contributed by atoms with Crippen molar-refractivity contribution in [2.75, 3.05) is 26.7 Å². The monoisotopic (exact) mass is 734 g/mol. The lowest BCUT2D eigenvalue weighted by Gasteiger charge is -2.27. The summed E-state index contributed by atoms with van der Waals surface area (Å²) in [4.78, 5) is 68.2. The number of likely N-dealkylation sites (tertiary alicyclic amines) is 2. The van der Waals surface area contributed by atoms with E-state index < -0.39 is 28.1 Å². The van der Waals surface area contributed by atoms with Crippen molar-refractivity contribution in [2.45, 2.75) is 56.1 Å². The molecule has 3 amide bonds. The number of nitrogens with zero attached hydrogens (tertiary/aromatic N) is 5. The van der Waals surface area contributed by atoms with Crippen LogP contribution in [-0.4, -0.2) is 87.7 Å². The Balaban J connectivity index is 1.17. The zero-order valence-electron chi connectivity index (χ0n) is 28.5. The van der Waals surface area contributed by atoms with Gasteiger partial charge in [0.2, 0.25) is 5.91 Å². The van der Waals surface area contributed by atoms with Crippen LogP contribution in [0.4, 0.5) is 21.0 Å². The molecule has 274 valence electrons. The minimum absolute atomic E-state index is 0.0390. The number of aliphatic imine (C=N–C) groups is 1. The van der Waals surface area contributed by atoms with E-state index in [1.54, 1.807) is 30.7 Å². The first-order valence-corrected chi connectivity index (χ1v) is 17.5. The number of non-ortho nitro benzene ring substituents is 2. The van der Waals surface area contributed by atoms with Crippen LogP contribution in [0.15, 0.2) is 77.8 Å². The van der Waals surface area contributed by atoms with E-state index in [1.165, 1.54) is 53.4 Å². The predicted molar refractivity (Wildman–Crippen MR) is 191 cm³/mol. The molecule has 3 aromatic carbocycles. The van der Waals surface area contributed by atoms with E-state index in [1.807, 2.05) is 24.3 Å². The third-order valence-corrected chi connectivity index (χ3v) is 9.90. The molecular weight excluding hydrogens is 696 g/mol. The van der Waals surface area contributed by atoms with Gasteiger partial charge >= 0.3 is 12.2 Å². The molecule has 16 nitrogen and oxygen atoms in total. The van der Waals surface area contributed by atoms with E-state index in [0.29, 0.717) is 55.2 Å². The third-order valence-electron chi connectivity index (χ3n) is 8.59. The zero-order valence-corrected chi connectivity index (χ0v) is 29.4. The van der Waals surface area contributed by atoms with Crippen molar-refractivity contribution >= 4 is 47.1 Å². The number of thioether (sulfide) groups is 1. The summed E-state index contributed by atoms with van der Waals surface area (Å²) in [7, 11) is 1.60. The van der Waals surface area contributed by atoms with Gasteiger partial charge in [0.05, 0.1) is 23.0 Å². The van der Waals surface area contributed by atoms with Crippen molar-refractivity contribution < 1.29 is 38.4 Å². The molecule has 0 aliphatic carbocycles.